The molecule has 3 atom stereocenters. The van der Waals surface area contributed by atoms with Crippen LogP contribution in [0.2, 0.25) is 0 Å². The van der Waals surface area contributed by atoms with Crippen molar-refractivity contribution in [3.8, 4) is 0 Å². The van der Waals surface area contributed by atoms with Crippen LogP contribution in [0.25, 0.3) is 10.9 Å². The van der Waals surface area contributed by atoms with Gasteiger partial charge in [0.15, 0.2) is 0 Å². The Morgan fingerprint density at radius 2 is 1.75 bits per heavy atom. The summed E-state index contributed by atoms with van der Waals surface area (Å²) in [5.74, 6) is -0.866. The van der Waals surface area contributed by atoms with Crippen LogP contribution in [0.4, 0.5) is 15.8 Å². The van der Waals surface area contributed by atoms with E-state index in [4.69, 9.17) is 0 Å². The summed E-state index contributed by atoms with van der Waals surface area (Å²) in [4.78, 5) is 59.2. The third-order valence-electron chi connectivity index (χ3n) is 11.7. The molecule has 0 radical (unpaired) electrons. The average Bonchev–Trinajstić information content (AvgIpc) is 3.64. The number of halogens is 1. The number of likely N-dealkylation sites (tertiary alicyclic amines) is 1. The number of imide groups is 1. The highest BCUT2D eigenvalue weighted by Crippen LogP contribution is 2.33. The fourth-order valence-electron chi connectivity index (χ4n) is 8.32. The number of fused-ring (bicyclic) bond motifs is 1. The molecule has 14 nitrogen and oxygen atoms in total. The van der Waals surface area contributed by atoms with Crippen LogP contribution in [0.15, 0.2) is 65.5 Å². The number of likely N-dealkylation sites (N-methyl/N-ethyl adjacent to an activating group) is 1. The number of nitrogens with zero attached hydrogens (tertiary/aromatic N) is 7. The molecule has 1 unspecified atom stereocenters. The number of piperazine rings is 1. The van der Waals surface area contributed by atoms with Crippen LogP contribution >= 0.6 is 0 Å². The third-order valence-corrected chi connectivity index (χ3v) is 11.7. The van der Waals surface area contributed by atoms with E-state index in [-0.39, 0.29) is 42.4 Å². The topological polar surface area (TPSA) is 148 Å². The number of benzene rings is 3. The first kappa shape index (κ1) is 40.0. The van der Waals surface area contributed by atoms with Crippen molar-refractivity contribution in [3.63, 3.8) is 0 Å². The Morgan fingerprint density at radius 3 is 2.49 bits per heavy atom. The first-order valence-corrected chi connectivity index (χ1v) is 20.0. The van der Waals surface area contributed by atoms with E-state index in [1.165, 1.54) is 11.3 Å². The summed E-state index contributed by atoms with van der Waals surface area (Å²) in [5, 5.41) is 16.5. The number of anilines is 2. The van der Waals surface area contributed by atoms with Gasteiger partial charge in [-0.3, -0.25) is 34.3 Å². The molecule has 0 saturated carbocycles. The average molecular weight is 781 g/mol. The van der Waals surface area contributed by atoms with Crippen molar-refractivity contribution >= 4 is 40.0 Å². The molecule has 3 fully saturated rings. The maximum atomic E-state index is 14.6. The van der Waals surface area contributed by atoms with Gasteiger partial charge in [0, 0.05) is 87.7 Å². The molecule has 57 heavy (non-hydrogen) atoms. The summed E-state index contributed by atoms with van der Waals surface area (Å²) < 4.78 is 15.6. The summed E-state index contributed by atoms with van der Waals surface area (Å²) in [7, 11) is 4.28. The standard InChI is InChI=1S/C42H53FN10O4/c1-28-7-6-8-35(43)33(28)25-51-26-34(38(27-51)49(2)3)29-9-12-31(13-10-29)52-21-19-50(20-22-52)18-5-4-17-44-40(55)24-45-30-11-14-36-32(23-30)42(57)53(48-47-36)37-15-16-39(54)46-41(37)56/h6-14,23,34,37-38,45H,4-5,15-22,24-27H2,1-3H3,(H,44,55)(H,46,54,56)/t34-,37?,38+/m1/s1. The van der Waals surface area contributed by atoms with E-state index in [0.717, 1.165) is 74.5 Å². The first-order valence-electron chi connectivity index (χ1n) is 20.0. The lowest BCUT2D eigenvalue weighted by molar-refractivity contribution is -0.136. The van der Waals surface area contributed by atoms with E-state index in [1.54, 1.807) is 30.3 Å². The predicted octanol–water partition coefficient (Wildman–Crippen LogP) is 2.88. The Balaban J connectivity index is 0.809. The molecule has 4 aromatic rings. The van der Waals surface area contributed by atoms with Gasteiger partial charge in [-0.1, -0.05) is 29.5 Å². The number of piperidine rings is 1. The van der Waals surface area contributed by atoms with Crippen molar-refractivity contribution in [3.05, 3.63) is 93.5 Å². The van der Waals surface area contributed by atoms with Crippen molar-refractivity contribution in [1.29, 1.82) is 0 Å². The third kappa shape index (κ3) is 9.49. The van der Waals surface area contributed by atoms with E-state index in [0.29, 0.717) is 36.3 Å². The summed E-state index contributed by atoms with van der Waals surface area (Å²) in [6.07, 6.45) is 2.15. The highest BCUT2D eigenvalue weighted by molar-refractivity contribution is 5.99. The number of aryl methyl sites for hydroxylation is 1. The largest absolute Gasteiger partial charge is 0.376 e. The molecule has 3 N–H and O–H groups in total. The number of aromatic nitrogens is 3. The van der Waals surface area contributed by atoms with Crippen molar-refractivity contribution in [2.24, 2.45) is 0 Å². The molecule has 0 spiro atoms. The fourth-order valence-corrected chi connectivity index (χ4v) is 8.32. The van der Waals surface area contributed by atoms with E-state index in [1.807, 2.05) is 13.0 Å². The van der Waals surface area contributed by atoms with Crippen molar-refractivity contribution in [2.75, 3.05) is 83.2 Å². The molecule has 3 aliphatic heterocycles. The van der Waals surface area contributed by atoms with Crippen molar-refractivity contribution < 1.29 is 18.8 Å². The monoisotopic (exact) mass is 780 g/mol. The molecule has 1 aromatic heterocycles. The van der Waals surface area contributed by atoms with E-state index >= 15 is 0 Å². The van der Waals surface area contributed by atoms with Crippen LogP contribution in [-0.4, -0.2) is 126 Å². The highest BCUT2D eigenvalue weighted by atomic mass is 19.1. The zero-order valence-electron chi connectivity index (χ0n) is 33.0. The van der Waals surface area contributed by atoms with Gasteiger partial charge in [0.1, 0.15) is 17.4 Å². The van der Waals surface area contributed by atoms with Gasteiger partial charge >= 0.3 is 0 Å². The van der Waals surface area contributed by atoms with Crippen LogP contribution in [0, 0.1) is 12.7 Å². The summed E-state index contributed by atoms with van der Waals surface area (Å²) in [6.45, 7) is 9.93. The molecule has 3 aliphatic rings. The highest BCUT2D eigenvalue weighted by Gasteiger charge is 2.36. The van der Waals surface area contributed by atoms with Crippen LogP contribution < -0.4 is 26.4 Å². The Kier molecular flexibility index (Phi) is 12.6. The number of rotatable bonds is 14. The lowest BCUT2D eigenvalue weighted by atomic mass is 9.93. The second-order valence-corrected chi connectivity index (χ2v) is 15.7. The Hall–Kier alpha value is -5.25. The van der Waals surface area contributed by atoms with E-state index in [2.05, 4.69) is 84.2 Å². The summed E-state index contributed by atoms with van der Waals surface area (Å²) in [6, 6.07) is 18.8. The molecule has 302 valence electrons. The van der Waals surface area contributed by atoms with E-state index < -0.39 is 17.5 Å². The quantitative estimate of drug-likeness (QED) is 0.128. The van der Waals surface area contributed by atoms with Crippen LogP contribution in [-0.2, 0) is 20.9 Å². The molecular weight excluding hydrogens is 728 g/mol. The zero-order valence-corrected chi connectivity index (χ0v) is 33.0. The van der Waals surface area contributed by atoms with Gasteiger partial charge in [0.05, 0.1) is 11.9 Å². The molecule has 15 heteroatoms. The van der Waals surface area contributed by atoms with Gasteiger partial charge in [-0.15, -0.1) is 5.10 Å². The van der Waals surface area contributed by atoms with E-state index in [9.17, 15) is 23.6 Å². The molecule has 3 saturated heterocycles. The molecule has 4 heterocycles. The minimum Gasteiger partial charge on any atom is -0.376 e. The first-order chi connectivity index (χ1) is 27.5. The van der Waals surface area contributed by atoms with Gasteiger partial charge in [-0.05, 0) is 94.4 Å². The Labute approximate surface area is 332 Å². The Bertz CT molecular complexity index is 2120. The molecule has 0 bridgehead atoms. The van der Waals surface area contributed by atoms with Gasteiger partial charge in [-0.25, -0.2) is 4.39 Å². The van der Waals surface area contributed by atoms with Gasteiger partial charge in [-0.2, -0.15) is 4.68 Å². The number of carbonyl (C=O) groups excluding carboxylic acids is 3. The second kappa shape index (κ2) is 17.9. The maximum absolute atomic E-state index is 14.6. The van der Waals surface area contributed by atoms with Crippen molar-refractivity contribution in [2.45, 2.75) is 57.2 Å². The number of nitrogens with one attached hydrogen (secondary N) is 3. The minimum atomic E-state index is -0.902. The normalized spacial score (nSPS) is 20.6. The summed E-state index contributed by atoms with van der Waals surface area (Å²) >= 11 is 0. The lowest BCUT2D eigenvalue weighted by Crippen LogP contribution is -2.46. The minimum absolute atomic E-state index is 0.0405. The molecule has 3 aromatic carbocycles. The van der Waals surface area contributed by atoms with Gasteiger partial charge in [0.2, 0.25) is 11.8 Å². The second-order valence-electron chi connectivity index (χ2n) is 15.7. The maximum Gasteiger partial charge on any atom is 0.278 e. The molecule has 3 amide bonds. The predicted molar refractivity (Wildman–Crippen MR) is 218 cm³/mol. The van der Waals surface area contributed by atoms with Gasteiger partial charge < -0.3 is 20.4 Å². The van der Waals surface area contributed by atoms with Crippen LogP contribution in [0.5, 0.6) is 0 Å². The Morgan fingerprint density at radius 1 is 0.965 bits per heavy atom. The number of unbranched alkanes of at least 4 members (excludes halogenated alkanes) is 1. The SMILES string of the molecule is Cc1cccc(F)c1CN1C[C@H](c2ccc(N3CCN(CCCCNC(=O)CNc4ccc5nnn(C6CCC(=O)NC6=O)c(=O)c5c4)CC3)cc2)[C@@H](N(C)C)C1. The molecular formula is C42H53FN10O4. The fraction of sp³-hybridized carbons (Fsp3) is 0.476. The molecule has 0 aliphatic carbocycles. The zero-order chi connectivity index (χ0) is 40.1. The summed E-state index contributed by atoms with van der Waals surface area (Å²) in [5.41, 5.74) is 4.82. The van der Waals surface area contributed by atoms with Crippen LogP contribution in [0.1, 0.15) is 54.3 Å². The molecule has 7 rings (SSSR count). The number of hydrogen-bond acceptors (Lipinski definition) is 11. The number of amides is 3. The van der Waals surface area contributed by atoms with Crippen molar-refractivity contribution in [1.82, 2.24) is 40.3 Å². The number of hydrogen-bond donors (Lipinski definition) is 3. The van der Waals surface area contributed by atoms with Gasteiger partial charge in [0.25, 0.3) is 11.5 Å². The lowest BCUT2D eigenvalue weighted by Gasteiger charge is -2.36. The number of carbonyl (C=O) groups is 3. The smallest absolute Gasteiger partial charge is 0.278 e. The van der Waals surface area contributed by atoms with Crippen LogP contribution in [0.3, 0.4) is 0 Å².